The molecule has 4 nitrogen and oxygen atoms in total. The molecule has 0 unspecified atom stereocenters. The molecular weight excluding hydrogens is 224 g/mol. The van der Waals surface area contributed by atoms with E-state index in [0.29, 0.717) is 0 Å². The quantitative estimate of drug-likeness (QED) is 0.596. The van der Waals surface area contributed by atoms with Crippen LogP contribution in [0, 0.1) is 13.8 Å². The highest BCUT2D eigenvalue weighted by Crippen LogP contribution is 2.21. The molecule has 0 aliphatic heterocycles. The van der Waals surface area contributed by atoms with Crippen LogP contribution < -0.4 is 16.8 Å². The third-order valence-electron chi connectivity index (χ3n) is 3.52. The van der Waals surface area contributed by atoms with Gasteiger partial charge in [-0.25, -0.2) is 16.8 Å². The van der Waals surface area contributed by atoms with Crippen molar-refractivity contribution in [2.24, 2.45) is 11.7 Å². The van der Waals surface area contributed by atoms with Crippen molar-refractivity contribution in [1.82, 2.24) is 4.90 Å². The van der Waals surface area contributed by atoms with Crippen molar-refractivity contribution in [2.75, 3.05) is 24.8 Å². The molecule has 0 saturated heterocycles. The molecule has 0 radical (unpaired) electrons. The van der Waals surface area contributed by atoms with Gasteiger partial charge in [-0.05, 0) is 56.1 Å². The van der Waals surface area contributed by atoms with Crippen molar-refractivity contribution in [1.29, 1.82) is 0 Å². The third-order valence-corrected chi connectivity index (χ3v) is 3.52. The van der Waals surface area contributed by atoms with Crippen LogP contribution >= 0.6 is 0 Å². The Labute approximate surface area is 110 Å². The molecule has 1 aromatic carbocycles. The first-order valence-electron chi connectivity index (χ1n) is 6.61. The first kappa shape index (κ1) is 15.0. The maximum Gasteiger partial charge on any atom is 0.0728 e. The maximum atomic E-state index is 5.60. The number of hydrogen-bond acceptors (Lipinski definition) is 4. The summed E-state index contributed by atoms with van der Waals surface area (Å²) in [4.78, 5) is 2.43. The van der Waals surface area contributed by atoms with Gasteiger partial charge in [0.2, 0.25) is 0 Å². The van der Waals surface area contributed by atoms with Gasteiger partial charge in [0.15, 0.2) is 0 Å². The predicted molar refractivity (Wildman–Crippen MR) is 78.3 cm³/mol. The Morgan fingerprint density at radius 3 is 2.11 bits per heavy atom. The maximum absolute atomic E-state index is 5.60. The van der Waals surface area contributed by atoms with Crippen molar-refractivity contribution in [2.45, 2.75) is 34.1 Å². The van der Waals surface area contributed by atoms with E-state index in [1.165, 1.54) is 16.2 Å². The van der Waals surface area contributed by atoms with Crippen LogP contribution in [0.1, 0.15) is 30.5 Å². The number of hydrogen-bond donors (Lipinski definition) is 2. The zero-order chi connectivity index (χ0) is 13.7. The minimum atomic E-state index is 0.888. The first-order chi connectivity index (χ1) is 8.49. The summed E-state index contributed by atoms with van der Waals surface area (Å²) in [5.74, 6) is 11.2. The lowest BCUT2D eigenvalue weighted by atomic mass is 10.0. The molecule has 0 saturated carbocycles. The smallest absolute Gasteiger partial charge is 0.0728 e. The van der Waals surface area contributed by atoms with Crippen LogP contribution in [0.3, 0.4) is 0 Å². The molecule has 4 heteroatoms. The zero-order valence-electron chi connectivity index (χ0n) is 12.0. The molecule has 4 N–H and O–H groups in total. The number of nitrogens with zero attached hydrogens (tertiary/aromatic N) is 2. The van der Waals surface area contributed by atoms with Gasteiger partial charge in [0.05, 0.1) is 5.69 Å². The van der Waals surface area contributed by atoms with E-state index in [-0.39, 0.29) is 0 Å². The van der Waals surface area contributed by atoms with Crippen LogP contribution in [0.2, 0.25) is 0 Å². The first-order valence-corrected chi connectivity index (χ1v) is 6.61. The van der Waals surface area contributed by atoms with E-state index in [2.05, 4.69) is 37.8 Å². The van der Waals surface area contributed by atoms with Crippen molar-refractivity contribution < 1.29 is 0 Å². The fraction of sp³-hybridized carbons (Fsp3) is 0.571. The molecule has 1 aromatic rings. The van der Waals surface area contributed by atoms with Crippen molar-refractivity contribution in [3.8, 4) is 0 Å². The van der Waals surface area contributed by atoms with Crippen LogP contribution in [0.4, 0.5) is 5.69 Å². The fourth-order valence-corrected chi connectivity index (χ4v) is 2.23. The van der Waals surface area contributed by atoms with Crippen LogP contribution in [-0.4, -0.2) is 24.5 Å². The molecule has 0 bridgehead atoms. The van der Waals surface area contributed by atoms with Crippen molar-refractivity contribution in [3.63, 3.8) is 0 Å². The monoisotopic (exact) mass is 250 g/mol. The Balaban J connectivity index is 2.81. The Hall–Kier alpha value is -1.10. The Morgan fingerprint density at radius 1 is 1.00 bits per heavy atom. The van der Waals surface area contributed by atoms with E-state index in [0.717, 1.165) is 37.3 Å². The lowest BCUT2D eigenvalue weighted by Gasteiger charge is -2.20. The number of anilines is 1. The Bertz CT molecular complexity index is 384. The molecule has 0 atom stereocenters. The number of aryl methyl sites for hydroxylation is 2. The fourth-order valence-electron chi connectivity index (χ4n) is 2.23. The van der Waals surface area contributed by atoms with E-state index in [9.17, 15) is 0 Å². The average molecular weight is 250 g/mol. The predicted octanol–water partition coefficient (Wildman–Crippen LogP) is 1.74. The number of nitrogens with two attached hydrogens (primary N) is 2. The minimum absolute atomic E-state index is 0.888. The number of likely N-dealkylation sites (N-methyl/N-ethyl adjacent to an activating group) is 1. The second-order valence-corrected chi connectivity index (χ2v) is 4.75. The number of rotatable bonds is 6. The Kier molecular flexibility index (Phi) is 5.59. The van der Waals surface area contributed by atoms with Gasteiger partial charge in [0.25, 0.3) is 0 Å². The van der Waals surface area contributed by atoms with Crippen LogP contribution in [0.25, 0.3) is 0 Å². The Morgan fingerprint density at radius 2 is 1.61 bits per heavy atom. The lowest BCUT2D eigenvalue weighted by Crippen LogP contribution is -2.38. The van der Waals surface area contributed by atoms with Crippen molar-refractivity contribution in [3.05, 3.63) is 28.8 Å². The topological polar surface area (TPSA) is 58.5 Å². The van der Waals surface area contributed by atoms with E-state index >= 15 is 0 Å². The van der Waals surface area contributed by atoms with Crippen molar-refractivity contribution >= 4 is 5.69 Å². The van der Waals surface area contributed by atoms with Gasteiger partial charge in [0, 0.05) is 6.54 Å². The summed E-state index contributed by atoms with van der Waals surface area (Å²) < 4.78 is 0. The molecule has 0 aromatic heterocycles. The highest BCUT2D eigenvalue weighted by atomic mass is 15.6. The molecule has 1 rings (SSSR count). The molecule has 102 valence electrons. The lowest BCUT2D eigenvalue weighted by molar-refractivity contribution is 0.308. The van der Waals surface area contributed by atoms with Gasteiger partial charge in [-0.15, -0.1) is 0 Å². The van der Waals surface area contributed by atoms with E-state index in [4.69, 9.17) is 11.7 Å². The zero-order valence-corrected chi connectivity index (χ0v) is 12.0. The van der Waals surface area contributed by atoms with Gasteiger partial charge in [-0.1, -0.05) is 19.9 Å². The standard InChI is InChI=1S/C14H26N4/c1-5-17(6-2)8-7-13-9-12(4)14(18(15)16)10-11(13)3/h9-10H,5-8,15-16H2,1-4H3. The summed E-state index contributed by atoms with van der Waals surface area (Å²) in [6, 6.07) is 4.26. The second kappa shape index (κ2) is 6.73. The van der Waals surface area contributed by atoms with Crippen LogP contribution in [-0.2, 0) is 6.42 Å². The normalized spacial score (nSPS) is 11.1. The van der Waals surface area contributed by atoms with Crippen LogP contribution in [0.5, 0.6) is 0 Å². The second-order valence-electron chi connectivity index (χ2n) is 4.75. The molecule has 0 aliphatic carbocycles. The van der Waals surface area contributed by atoms with E-state index in [1.807, 2.05) is 6.92 Å². The van der Waals surface area contributed by atoms with Gasteiger partial charge >= 0.3 is 0 Å². The van der Waals surface area contributed by atoms with Gasteiger partial charge in [-0.3, -0.25) is 0 Å². The average Bonchev–Trinajstić information content (AvgIpc) is 2.33. The van der Waals surface area contributed by atoms with E-state index < -0.39 is 0 Å². The molecule has 0 aliphatic rings. The summed E-state index contributed by atoms with van der Waals surface area (Å²) in [7, 11) is 0. The molecule has 0 fully saturated rings. The number of benzene rings is 1. The third kappa shape index (κ3) is 3.70. The molecule has 0 spiro atoms. The van der Waals surface area contributed by atoms with Gasteiger partial charge < -0.3 is 4.90 Å². The largest absolute Gasteiger partial charge is 0.304 e. The summed E-state index contributed by atoms with van der Waals surface area (Å²) in [5, 5.41) is 1.19. The summed E-state index contributed by atoms with van der Waals surface area (Å²) in [6.07, 6.45) is 1.07. The van der Waals surface area contributed by atoms with Gasteiger partial charge in [0.1, 0.15) is 0 Å². The highest BCUT2D eigenvalue weighted by molar-refractivity contribution is 5.55. The molecule has 18 heavy (non-hydrogen) atoms. The number of hydrazine groups is 2. The summed E-state index contributed by atoms with van der Waals surface area (Å²) in [5.41, 5.74) is 4.65. The molecule has 0 amide bonds. The van der Waals surface area contributed by atoms with E-state index in [1.54, 1.807) is 0 Å². The molecular formula is C14H26N4. The van der Waals surface area contributed by atoms with Gasteiger partial charge in [-0.2, -0.15) is 0 Å². The molecule has 0 heterocycles. The highest BCUT2D eigenvalue weighted by Gasteiger charge is 2.08. The minimum Gasteiger partial charge on any atom is -0.304 e. The SMILES string of the molecule is CCN(CC)CCc1cc(C)c(N(N)N)cc1C. The summed E-state index contributed by atoms with van der Waals surface area (Å²) in [6.45, 7) is 11.9. The summed E-state index contributed by atoms with van der Waals surface area (Å²) >= 11 is 0. The van der Waals surface area contributed by atoms with Crippen LogP contribution in [0.15, 0.2) is 12.1 Å².